The summed E-state index contributed by atoms with van der Waals surface area (Å²) < 4.78 is 8.31. The van der Waals surface area contributed by atoms with Gasteiger partial charge in [-0.15, -0.1) is 0 Å². The molecule has 156 valence electrons. The average molecular weight is 443 g/mol. The number of fused-ring (bicyclic) bond motifs is 7. The van der Waals surface area contributed by atoms with Crippen LogP contribution in [0.5, 0.6) is 0 Å². The van der Waals surface area contributed by atoms with Gasteiger partial charge in [0.1, 0.15) is 11.4 Å². The highest BCUT2D eigenvalue weighted by Crippen LogP contribution is 2.34. The first kappa shape index (κ1) is 18.8. The van der Waals surface area contributed by atoms with Crippen molar-refractivity contribution >= 4 is 56.1 Å². The van der Waals surface area contributed by atoms with E-state index < -0.39 is 11.5 Å². The van der Waals surface area contributed by atoms with Gasteiger partial charge in [-0.1, -0.05) is 35.9 Å². The molecule has 1 aromatic heterocycles. The van der Waals surface area contributed by atoms with Gasteiger partial charge >= 0.3 is 5.97 Å². The minimum atomic E-state index is -0.707. The maximum Gasteiger partial charge on any atom is 0.345 e. The lowest BCUT2D eigenvalue weighted by molar-refractivity contribution is 0.0523. The molecule has 0 amide bonds. The molecule has 0 saturated carbocycles. The zero-order chi connectivity index (χ0) is 22.0. The highest BCUT2D eigenvalue weighted by Gasteiger charge is 2.23. The minimum Gasteiger partial charge on any atom is -0.462 e. The molecule has 0 unspecified atom stereocenters. The van der Waals surface area contributed by atoms with E-state index in [4.69, 9.17) is 21.3 Å². The van der Waals surface area contributed by atoms with E-state index in [9.17, 15) is 9.59 Å². The number of nitrogens with zero attached hydrogens (tertiary/aromatic N) is 4. The molecule has 0 N–H and O–H groups in total. The summed E-state index contributed by atoms with van der Waals surface area (Å²) in [4.78, 5) is 35.3. The summed E-state index contributed by atoms with van der Waals surface area (Å²) in [6, 6.07) is 17.1. The predicted molar refractivity (Wildman–Crippen MR) is 123 cm³/mol. The Morgan fingerprint density at radius 2 is 1.91 bits per heavy atom. The topological polar surface area (TPSA) is 78.5 Å². The fraction of sp³-hybridized carbons (Fsp3) is 0.0833. The van der Waals surface area contributed by atoms with Crippen molar-refractivity contribution in [2.45, 2.75) is 6.92 Å². The summed E-state index contributed by atoms with van der Waals surface area (Å²) >= 11 is 6.33. The van der Waals surface area contributed by atoms with E-state index in [1.165, 1.54) is 10.6 Å². The van der Waals surface area contributed by atoms with Crippen LogP contribution in [0, 0.1) is 0 Å². The van der Waals surface area contributed by atoms with E-state index in [-0.39, 0.29) is 12.2 Å². The van der Waals surface area contributed by atoms with Crippen LogP contribution in [-0.4, -0.2) is 31.5 Å². The number of carbonyl (C=O) groups is 1. The minimum absolute atomic E-state index is 0.132. The Kier molecular flexibility index (Phi) is 3.97. The van der Waals surface area contributed by atoms with Gasteiger partial charge in [0.25, 0.3) is 5.56 Å². The van der Waals surface area contributed by atoms with E-state index in [0.717, 1.165) is 21.8 Å². The molecule has 32 heavy (non-hydrogen) atoms. The average Bonchev–Trinajstić information content (AvgIpc) is 2.79. The lowest BCUT2D eigenvalue weighted by atomic mass is 10.1. The number of esters is 1. The lowest BCUT2D eigenvalue weighted by Gasteiger charge is -2.21. The predicted octanol–water partition coefficient (Wildman–Crippen LogP) is 4.61. The van der Waals surface area contributed by atoms with Crippen molar-refractivity contribution in [3.8, 4) is 5.82 Å². The quantitative estimate of drug-likeness (QED) is 0.222. The van der Waals surface area contributed by atoms with Crippen LogP contribution < -0.4 is 5.56 Å². The van der Waals surface area contributed by atoms with Crippen LogP contribution in [0.2, 0.25) is 5.02 Å². The molecule has 2 aliphatic rings. The van der Waals surface area contributed by atoms with Crippen molar-refractivity contribution in [2.75, 3.05) is 6.61 Å². The normalized spacial score (nSPS) is 11.8. The van der Waals surface area contributed by atoms with Gasteiger partial charge in [0.15, 0.2) is 0 Å². The van der Waals surface area contributed by atoms with Gasteiger partial charge in [0, 0.05) is 15.8 Å². The molecular formula is C24H15ClN4O3. The van der Waals surface area contributed by atoms with Gasteiger partial charge in [0.2, 0.25) is 5.78 Å². The molecule has 0 bridgehead atoms. The molecule has 0 saturated heterocycles. The number of carbonyl (C=O) groups excluding carboxylic acids is 1. The van der Waals surface area contributed by atoms with Crippen molar-refractivity contribution < 1.29 is 9.53 Å². The third-order valence-electron chi connectivity index (χ3n) is 5.62. The zero-order valence-corrected chi connectivity index (χ0v) is 17.6. The summed E-state index contributed by atoms with van der Waals surface area (Å²) in [6.07, 6.45) is 1.27. The number of halogens is 1. The van der Waals surface area contributed by atoms with Gasteiger partial charge < -0.3 is 4.74 Å². The number of ether oxygens (including phenoxy) is 1. The number of hydrogen-bond acceptors (Lipinski definition) is 5. The van der Waals surface area contributed by atoms with Crippen LogP contribution in [0.3, 0.4) is 0 Å². The standard InChI is InChI=1S/C24H15ClN4O3/c1-2-32-23(31)16-12-26-24-28-19-8-4-6-13-5-3-7-17(20(13)19)27-21(28)15-11-14(25)9-10-18(15)29(24)22(16)30/h3-12H,2H2,1H3. The first-order valence-corrected chi connectivity index (χ1v) is 10.5. The lowest BCUT2D eigenvalue weighted by Crippen LogP contribution is -2.27. The second-order valence-electron chi connectivity index (χ2n) is 7.42. The monoisotopic (exact) mass is 442 g/mol. The van der Waals surface area contributed by atoms with Crippen LogP contribution in [0.25, 0.3) is 44.3 Å². The number of rotatable bonds is 2. The van der Waals surface area contributed by atoms with Gasteiger partial charge in [0.05, 0.1) is 29.4 Å². The van der Waals surface area contributed by atoms with Crippen LogP contribution in [0.1, 0.15) is 17.3 Å². The van der Waals surface area contributed by atoms with Crippen molar-refractivity contribution in [3.63, 3.8) is 0 Å². The van der Waals surface area contributed by atoms with Gasteiger partial charge in [-0.25, -0.2) is 19.2 Å². The fourth-order valence-corrected chi connectivity index (χ4v) is 4.47. The van der Waals surface area contributed by atoms with Crippen molar-refractivity contribution in [2.24, 2.45) is 0 Å². The maximum absolute atomic E-state index is 13.5. The molecule has 7 nitrogen and oxygen atoms in total. The second-order valence-corrected chi connectivity index (χ2v) is 7.85. The van der Waals surface area contributed by atoms with Gasteiger partial charge in [-0.3, -0.25) is 9.36 Å². The molecule has 3 heterocycles. The fourth-order valence-electron chi connectivity index (χ4n) is 4.30. The highest BCUT2D eigenvalue weighted by molar-refractivity contribution is 6.31. The molecule has 0 spiro atoms. The Hall–Kier alpha value is -3.97. The Morgan fingerprint density at radius 1 is 1.09 bits per heavy atom. The number of benzene rings is 3. The second kappa shape index (κ2) is 6.77. The Morgan fingerprint density at radius 3 is 2.72 bits per heavy atom. The number of aromatic nitrogens is 4. The first-order chi connectivity index (χ1) is 15.6. The summed E-state index contributed by atoms with van der Waals surface area (Å²) in [5.41, 5.74) is 1.58. The summed E-state index contributed by atoms with van der Waals surface area (Å²) in [7, 11) is 0. The van der Waals surface area contributed by atoms with E-state index >= 15 is 0 Å². The van der Waals surface area contributed by atoms with Crippen LogP contribution in [0.4, 0.5) is 0 Å². The first-order valence-electron chi connectivity index (χ1n) is 10.1. The molecule has 0 atom stereocenters. The van der Waals surface area contributed by atoms with Gasteiger partial charge in [-0.2, -0.15) is 0 Å². The molecule has 0 fully saturated rings. The van der Waals surface area contributed by atoms with Crippen molar-refractivity contribution in [1.29, 1.82) is 0 Å². The molecule has 6 rings (SSSR count). The highest BCUT2D eigenvalue weighted by atomic mass is 35.5. The van der Waals surface area contributed by atoms with E-state index in [0.29, 0.717) is 27.5 Å². The zero-order valence-electron chi connectivity index (χ0n) is 16.9. The number of hydrogen-bond donors (Lipinski definition) is 0. The molecule has 8 heteroatoms. The summed E-state index contributed by atoms with van der Waals surface area (Å²) in [5.74, 6) is 0.254. The Bertz CT molecular complexity index is 1750. The summed E-state index contributed by atoms with van der Waals surface area (Å²) in [5, 5.41) is 3.16. The van der Waals surface area contributed by atoms with Crippen LogP contribution in [0.15, 0.2) is 65.6 Å². The van der Waals surface area contributed by atoms with Crippen molar-refractivity contribution in [1.82, 2.24) is 18.9 Å². The molecule has 2 aliphatic heterocycles. The molecule has 0 aliphatic carbocycles. The van der Waals surface area contributed by atoms with Crippen LogP contribution >= 0.6 is 11.6 Å². The summed E-state index contributed by atoms with van der Waals surface area (Å²) in [6.45, 7) is 1.85. The maximum atomic E-state index is 13.5. The van der Waals surface area contributed by atoms with E-state index in [1.54, 1.807) is 25.1 Å². The van der Waals surface area contributed by atoms with E-state index in [2.05, 4.69) is 4.98 Å². The SMILES string of the molecule is CCOC(=O)c1cnc2n3c4cccc5cccc(nc-3c3cc(Cl)ccc3n2c1=O)c54. The molecule has 3 aromatic carbocycles. The Labute approximate surface area is 185 Å². The van der Waals surface area contributed by atoms with Gasteiger partial charge in [-0.05, 0) is 42.6 Å². The third kappa shape index (κ3) is 2.48. The molecule has 0 radical (unpaired) electrons. The van der Waals surface area contributed by atoms with E-state index in [1.807, 2.05) is 41.0 Å². The Balaban J connectivity index is 1.92. The van der Waals surface area contributed by atoms with Crippen molar-refractivity contribution in [3.05, 3.63) is 81.7 Å². The molecular weight excluding hydrogens is 428 g/mol. The van der Waals surface area contributed by atoms with Crippen LogP contribution in [-0.2, 0) is 4.74 Å². The molecule has 4 aromatic rings. The third-order valence-corrected chi connectivity index (χ3v) is 5.85. The smallest absolute Gasteiger partial charge is 0.345 e. The largest absolute Gasteiger partial charge is 0.462 e.